The molecule has 0 aromatic heterocycles. The minimum atomic E-state index is -1.62. The fourth-order valence-electron chi connectivity index (χ4n) is 1.15. The molecule has 1 aromatic carbocycles. The van der Waals surface area contributed by atoms with Gasteiger partial charge in [0.05, 0.1) is 17.8 Å². The van der Waals surface area contributed by atoms with E-state index >= 15 is 0 Å². The van der Waals surface area contributed by atoms with Gasteiger partial charge in [0, 0.05) is 0 Å². The van der Waals surface area contributed by atoms with Gasteiger partial charge in [-0.3, -0.25) is 0 Å². The van der Waals surface area contributed by atoms with E-state index in [9.17, 15) is 4.21 Å². The summed E-state index contributed by atoms with van der Waals surface area (Å²) in [6.45, 7) is 0. The third-order valence-electron chi connectivity index (χ3n) is 1.85. The summed E-state index contributed by atoms with van der Waals surface area (Å²) in [6, 6.07) is 7.15. The zero-order valence-electron chi connectivity index (χ0n) is 8.31. The van der Waals surface area contributed by atoms with Crippen LogP contribution in [0, 0.1) is 0 Å². The SMILES string of the molecule is COC1=NS(=O)N=C1Nc1ccccc1Cl. The third-order valence-corrected chi connectivity index (χ3v) is 2.84. The van der Waals surface area contributed by atoms with Crippen molar-refractivity contribution in [2.75, 3.05) is 12.4 Å². The number of benzene rings is 1. The fourth-order valence-corrected chi connectivity index (χ4v) is 1.96. The lowest BCUT2D eigenvalue weighted by molar-refractivity contribution is 0.413. The Bertz CT molecular complexity index is 501. The summed E-state index contributed by atoms with van der Waals surface area (Å²) in [5.74, 6) is 0.521. The zero-order valence-corrected chi connectivity index (χ0v) is 9.88. The summed E-state index contributed by atoms with van der Waals surface area (Å²) in [6.07, 6.45) is 0. The van der Waals surface area contributed by atoms with Gasteiger partial charge in [-0.25, -0.2) is 4.21 Å². The van der Waals surface area contributed by atoms with Crippen LogP contribution in [0.15, 0.2) is 33.1 Å². The monoisotopic (exact) mass is 257 g/mol. The molecule has 0 spiro atoms. The predicted molar refractivity (Wildman–Crippen MR) is 65.1 cm³/mol. The highest BCUT2D eigenvalue weighted by Crippen LogP contribution is 2.21. The van der Waals surface area contributed by atoms with Crippen molar-refractivity contribution in [3.05, 3.63) is 29.3 Å². The second-order valence-corrected chi connectivity index (χ2v) is 4.11. The Balaban J connectivity index is 2.24. The number of ether oxygens (including phenoxy) is 1. The average Bonchev–Trinajstić information content (AvgIpc) is 2.62. The second kappa shape index (κ2) is 4.63. The third kappa shape index (κ3) is 2.23. The first-order valence-electron chi connectivity index (χ1n) is 4.36. The van der Waals surface area contributed by atoms with Crippen LogP contribution < -0.4 is 5.32 Å². The lowest BCUT2D eigenvalue weighted by Crippen LogP contribution is -2.22. The molecule has 0 radical (unpaired) electrons. The topological polar surface area (TPSA) is 63.0 Å². The van der Waals surface area contributed by atoms with Crippen LogP contribution in [0.3, 0.4) is 0 Å². The van der Waals surface area contributed by atoms with Gasteiger partial charge in [0.15, 0.2) is 0 Å². The summed E-state index contributed by atoms with van der Waals surface area (Å²) in [4.78, 5) is 0. The number of hydrogen-bond acceptors (Lipinski definition) is 3. The number of anilines is 1. The van der Waals surface area contributed by atoms with E-state index in [0.29, 0.717) is 16.5 Å². The van der Waals surface area contributed by atoms with Gasteiger partial charge < -0.3 is 10.1 Å². The lowest BCUT2D eigenvalue weighted by Gasteiger charge is -2.07. The van der Waals surface area contributed by atoms with E-state index < -0.39 is 11.2 Å². The summed E-state index contributed by atoms with van der Waals surface area (Å²) in [7, 11) is 1.44. The van der Waals surface area contributed by atoms with Crippen LogP contribution in [0.5, 0.6) is 0 Å². The Morgan fingerprint density at radius 2 is 2.12 bits per heavy atom. The molecule has 84 valence electrons. The highest BCUT2D eigenvalue weighted by atomic mass is 35.5. The van der Waals surface area contributed by atoms with E-state index in [1.165, 1.54) is 7.11 Å². The van der Waals surface area contributed by atoms with Crippen LogP contribution in [-0.2, 0) is 15.9 Å². The van der Waals surface area contributed by atoms with Gasteiger partial charge in [-0.05, 0) is 12.1 Å². The molecule has 0 saturated heterocycles. The van der Waals surface area contributed by atoms with Crippen molar-refractivity contribution in [3.8, 4) is 0 Å². The first kappa shape index (κ1) is 11.1. The van der Waals surface area contributed by atoms with Gasteiger partial charge in [0.2, 0.25) is 5.84 Å². The number of halogens is 1. The van der Waals surface area contributed by atoms with E-state index in [1.54, 1.807) is 12.1 Å². The molecule has 1 atom stereocenters. The molecule has 1 aliphatic heterocycles. The molecular weight excluding hydrogens is 250 g/mol. The highest BCUT2D eigenvalue weighted by molar-refractivity contribution is 7.83. The smallest absolute Gasteiger partial charge is 0.271 e. The van der Waals surface area contributed by atoms with Crippen molar-refractivity contribution in [2.45, 2.75) is 0 Å². The summed E-state index contributed by atoms with van der Waals surface area (Å²) >= 11 is 4.34. The zero-order chi connectivity index (χ0) is 11.5. The lowest BCUT2D eigenvalue weighted by atomic mass is 10.3. The van der Waals surface area contributed by atoms with E-state index in [1.807, 2.05) is 12.1 Å². The molecule has 1 aromatic rings. The first-order valence-corrected chi connectivity index (χ1v) is 5.80. The maximum Gasteiger partial charge on any atom is 0.271 e. The molecule has 0 amide bonds. The van der Waals surface area contributed by atoms with Crippen LogP contribution in [0.1, 0.15) is 0 Å². The molecule has 0 aliphatic carbocycles. The van der Waals surface area contributed by atoms with E-state index in [0.717, 1.165) is 0 Å². The number of nitrogens with one attached hydrogen (secondary N) is 1. The van der Waals surface area contributed by atoms with E-state index in [4.69, 9.17) is 16.3 Å². The van der Waals surface area contributed by atoms with Crippen molar-refractivity contribution < 1.29 is 8.95 Å². The number of hydrogen-bond donors (Lipinski definition) is 1. The normalized spacial score (nSPS) is 19.0. The molecule has 7 heteroatoms. The number of amidine groups is 1. The number of nitrogens with zero attached hydrogens (tertiary/aromatic N) is 2. The Morgan fingerprint density at radius 3 is 2.81 bits per heavy atom. The minimum Gasteiger partial charge on any atom is -0.478 e. The molecule has 2 rings (SSSR count). The second-order valence-electron chi connectivity index (χ2n) is 2.88. The van der Waals surface area contributed by atoms with Crippen LogP contribution >= 0.6 is 11.6 Å². The standard InChI is InChI=1S/C9H8ClN3O2S/c1-15-9-8(12-16(14)13-9)11-7-5-3-2-4-6(7)10/h2-5H,1H3,(H,11,12). The van der Waals surface area contributed by atoms with Crippen LogP contribution in [0.2, 0.25) is 5.02 Å². The number of para-hydroxylation sites is 1. The Hall–Kier alpha value is -1.40. The maximum atomic E-state index is 11.1. The van der Waals surface area contributed by atoms with Crippen LogP contribution in [0.4, 0.5) is 5.69 Å². The summed E-state index contributed by atoms with van der Waals surface area (Å²) in [5, 5.41) is 3.45. The van der Waals surface area contributed by atoms with Crippen LogP contribution in [-0.4, -0.2) is 23.1 Å². The van der Waals surface area contributed by atoms with Crippen molar-refractivity contribution in [1.29, 1.82) is 0 Å². The maximum absolute atomic E-state index is 11.1. The van der Waals surface area contributed by atoms with Crippen LogP contribution in [0.25, 0.3) is 0 Å². The summed E-state index contributed by atoms with van der Waals surface area (Å²) < 4.78 is 23.4. The molecule has 1 unspecified atom stereocenters. The Kier molecular flexibility index (Phi) is 3.21. The minimum absolute atomic E-state index is 0.207. The van der Waals surface area contributed by atoms with Gasteiger partial charge in [-0.15, -0.1) is 8.80 Å². The predicted octanol–water partition coefficient (Wildman–Crippen LogP) is 1.79. The number of methoxy groups -OCH3 is 1. The molecule has 5 nitrogen and oxygen atoms in total. The molecule has 0 saturated carbocycles. The molecule has 1 heterocycles. The molecule has 1 N–H and O–H groups in total. The van der Waals surface area contributed by atoms with Gasteiger partial charge in [-0.2, -0.15) is 0 Å². The molecule has 0 fully saturated rings. The molecule has 0 bridgehead atoms. The highest BCUT2D eigenvalue weighted by Gasteiger charge is 2.20. The van der Waals surface area contributed by atoms with Crippen molar-refractivity contribution in [1.82, 2.24) is 0 Å². The largest absolute Gasteiger partial charge is 0.478 e. The van der Waals surface area contributed by atoms with Gasteiger partial charge in [0.1, 0.15) is 0 Å². The molecule has 1 aliphatic rings. The van der Waals surface area contributed by atoms with Gasteiger partial charge >= 0.3 is 0 Å². The van der Waals surface area contributed by atoms with Crippen molar-refractivity contribution in [2.24, 2.45) is 8.80 Å². The van der Waals surface area contributed by atoms with E-state index in [-0.39, 0.29) is 5.90 Å². The van der Waals surface area contributed by atoms with Crippen molar-refractivity contribution in [3.63, 3.8) is 0 Å². The Labute approximate surface area is 99.9 Å². The molecule has 16 heavy (non-hydrogen) atoms. The Morgan fingerprint density at radius 1 is 1.38 bits per heavy atom. The number of rotatable bonds is 1. The van der Waals surface area contributed by atoms with Gasteiger partial charge in [0.25, 0.3) is 17.1 Å². The van der Waals surface area contributed by atoms with Gasteiger partial charge in [-0.1, -0.05) is 23.7 Å². The summed E-state index contributed by atoms with van der Waals surface area (Å²) in [5.41, 5.74) is 0.659. The average molecular weight is 258 g/mol. The quantitative estimate of drug-likeness (QED) is 0.834. The van der Waals surface area contributed by atoms with Crippen molar-refractivity contribution >= 4 is 40.2 Å². The van der Waals surface area contributed by atoms with E-state index in [2.05, 4.69) is 14.1 Å². The first-order chi connectivity index (χ1) is 7.70. The molecular formula is C9H8ClN3O2S. The fraction of sp³-hybridized carbons (Fsp3) is 0.111.